The van der Waals surface area contributed by atoms with E-state index in [4.69, 9.17) is 32.7 Å². The summed E-state index contributed by atoms with van der Waals surface area (Å²) >= 11 is 14.1. The molecule has 1 aliphatic rings. The van der Waals surface area contributed by atoms with Crippen LogP contribution in [0.25, 0.3) is 0 Å². The first-order chi connectivity index (χ1) is 15.5. The first-order valence-electron chi connectivity index (χ1n) is 9.99. The van der Waals surface area contributed by atoms with Gasteiger partial charge in [0, 0.05) is 16.3 Å². The zero-order chi connectivity index (χ0) is 22.7. The van der Waals surface area contributed by atoms with Gasteiger partial charge in [-0.1, -0.05) is 41.4 Å². The van der Waals surface area contributed by atoms with E-state index in [0.717, 1.165) is 11.3 Å². The number of halogens is 3. The summed E-state index contributed by atoms with van der Waals surface area (Å²) in [6, 6.07) is 17.1. The van der Waals surface area contributed by atoms with E-state index < -0.39 is 0 Å². The predicted molar refractivity (Wildman–Crippen MR) is 127 cm³/mol. The molecular formula is C24H20Cl2FNO3S. The summed E-state index contributed by atoms with van der Waals surface area (Å²) < 4.78 is 25.6. The van der Waals surface area contributed by atoms with Gasteiger partial charge >= 0.3 is 0 Å². The molecular weight excluding hydrogens is 472 g/mol. The molecule has 0 N–H and O–H groups in total. The van der Waals surface area contributed by atoms with Gasteiger partial charge in [0.2, 0.25) is 5.91 Å². The van der Waals surface area contributed by atoms with E-state index in [1.807, 2.05) is 25.1 Å². The molecule has 1 aliphatic heterocycles. The molecule has 4 rings (SSSR count). The molecule has 166 valence electrons. The summed E-state index contributed by atoms with van der Waals surface area (Å²) in [5.41, 5.74) is 1.98. The summed E-state index contributed by atoms with van der Waals surface area (Å²) in [5, 5.41) is 0.655. The first kappa shape index (κ1) is 22.8. The second-order valence-electron chi connectivity index (χ2n) is 7.05. The normalized spacial score (nSPS) is 15.8. The topological polar surface area (TPSA) is 38.8 Å². The van der Waals surface area contributed by atoms with Crippen molar-refractivity contribution in [3.8, 4) is 11.5 Å². The van der Waals surface area contributed by atoms with Gasteiger partial charge in [-0.3, -0.25) is 9.69 Å². The fraction of sp³-hybridized carbons (Fsp3) is 0.208. The first-order valence-corrected chi connectivity index (χ1v) is 11.8. The molecule has 1 saturated heterocycles. The SMILES string of the molecule is CCOc1cc([C@@H]2SCC(=O)N2c2ccc(Cl)cc2)cc(Cl)c1OCc1ccccc1F. The molecule has 1 heterocycles. The molecule has 4 nitrogen and oxygen atoms in total. The third kappa shape index (κ3) is 4.82. The number of amides is 1. The van der Waals surface area contributed by atoms with Crippen molar-refractivity contribution in [2.75, 3.05) is 17.3 Å². The van der Waals surface area contributed by atoms with Crippen LogP contribution >= 0.6 is 35.0 Å². The third-order valence-electron chi connectivity index (χ3n) is 4.92. The minimum absolute atomic E-state index is 0.00344. The molecule has 1 fully saturated rings. The van der Waals surface area contributed by atoms with Crippen LogP contribution in [0, 0.1) is 5.82 Å². The molecule has 1 amide bonds. The highest BCUT2D eigenvalue weighted by Gasteiger charge is 2.35. The molecule has 0 aromatic heterocycles. The Balaban J connectivity index is 1.65. The summed E-state index contributed by atoms with van der Waals surface area (Å²) in [6.45, 7) is 2.27. The number of ether oxygens (including phenoxy) is 2. The van der Waals surface area contributed by atoms with Gasteiger partial charge in [-0.25, -0.2) is 4.39 Å². The lowest BCUT2D eigenvalue weighted by molar-refractivity contribution is -0.115. The van der Waals surface area contributed by atoms with Crippen LogP contribution in [0.3, 0.4) is 0 Å². The average molecular weight is 492 g/mol. The maximum Gasteiger partial charge on any atom is 0.238 e. The Bertz CT molecular complexity index is 1130. The maximum absolute atomic E-state index is 14.0. The average Bonchev–Trinajstić information content (AvgIpc) is 3.16. The Labute approximate surface area is 200 Å². The van der Waals surface area contributed by atoms with E-state index in [-0.39, 0.29) is 23.7 Å². The molecule has 3 aromatic carbocycles. The van der Waals surface area contributed by atoms with Crippen LogP contribution in [-0.4, -0.2) is 18.3 Å². The predicted octanol–water partition coefficient (Wildman–Crippen LogP) is 6.89. The standard InChI is InChI=1S/C24H20Cl2FNO3S/c1-2-30-21-12-16(11-19(26)23(21)31-13-15-5-3-4-6-20(15)27)24-28(22(29)14-32-24)18-9-7-17(25)8-10-18/h3-12,24H,2,13-14H2,1H3/t24-/m0/s1. The molecule has 0 unspecified atom stereocenters. The van der Waals surface area contributed by atoms with Gasteiger partial charge in [0.05, 0.1) is 17.4 Å². The van der Waals surface area contributed by atoms with Crippen molar-refractivity contribution in [3.63, 3.8) is 0 Å². The van der Waals surface area contributed by atoms with Crippen LogP contribution in [0.15, 0.2) is 60.7 Å². The summed E-state index contributed by atoms with van der Waals surface area (Å²) in [5.74, 6) is 0.782. The van der Waals surface area contributed by atoms with Gasteiger partial charge in [-0.05, 0) is 55.0 Å². The van der Waals surface area contributed by atoms with Crippen LogP contribution < -0.4 is 14.4 Å². The Hall–Kier alpha value is -2.41. The summed E-state index contributed by atoms with van der Waals surface area (Å²) in [7, 11) is 0. The van der Waals surface area contributed by atoms with Crippen molar-refractivity contribution in [1.29, 1.82) is 0 Å². The lowest BCUT2D eigenvalue weighted by Gasteiger charge is -2.25. The van der Waals surface area contributed by atoms with Crippen molar-refractivity contribution in [2.45, 2.75) is 18.9 Å². The van der Waals surface area contributed by atoms with E-state index in [1.165, 1.54) is 17.8 Å². The smallest absolute Gasteiger partial charge is 0.238 e. The molecule has 0 saturated carbocycles. The number of anilines is 1. The minimum Gasteiger partial charge on any atom is -0.490 e. The number of nitrogens with zero attached hydrogens (tertiary/aromatic N) is 1. The number of thioether (sulfide) groups is 1. The molecule has 0 spiro atoms. The second-order valence-corrected chi connectivity index (χ2v) is 8.96. The van der Waals surface area contributed by atoms with E-state index in [1.54, 1.807) is 41.3 Å². The van der Waals surface area contributed by atoms with Crippen LogP contribution in [0.2, 0.25) is 10.0 Å². The van der Waals surface area contributed by atoms with Crippen molar-refractivity contribution >= 4 is 46.6 Å². The van der Waals surface area contributed by atoms with Crippen LogP contribution in [0.5, 0.6) is 11.5 Å². The van der Waals surface area contributed by atoms with Crippen molar-refractivity contribution in [2.24, 2.45) is 0 Å². The van der Waals surface area contributed by atoms with Gasteiger partial charge in [0.25, 0.3) is 0 Å². The molecule has 3 aromatic rings. The van der Waals surface area contributed by atoms with Crippen LogP contribution in [0.4, 0.5) is 10.1 Å². The Morgan fingerprint density at radius 2 is 1.84 bits per heavy atom. The van der Waals surface area contributed by atoms with Gasteiger partial charge in [-0.15, -0.1) is 11.8 Å². The highest BCUT2D eigenvalue weighted by Crippen LogP contribution is 2.46. The van der Waals surface area contributed by atoms with Gasteiger partial charge < -0.3 is 9.47 Å². The molecule has 0 aliphatic carbocycles. The zero-order valence-corrected chi connectivity index (χ0v) is 19.5. The quantitative estimate of drug-likeness (QED) is 0.360. The fourth-order valence-corrected chi connectivity index (χ4v) is 5.01. The molecule has 1 atom stereocenters. The number of hydrogen-bond acceptors (Lipinski definition) is 4. The highest BCUT2D eigenvalue weighted by atomic mass is 35.5. The van der Waals surface area contributed by atoms with Crippen molar-refractivity contribution < 1.29 is 18.7 Å². The Morgan fingerprint density at radius 1 is 1.09 bits per heavy atom. The molecule has 8 heteroatoms. The van der Waals surface area contributed by atoms with Crippen LogP contribution in [0.1, 0.15) is 23.4 Å². The number of benzene rings is 3. The monoisotopic (exact) mass is 491 g/mol. The van der Waals surface area contributed by atoms with Crippen LogP contribution in [-0.2, 0) is 11.4 Å². The van der Waals surface area contributed by atoms with E-state index >= 15 is 0 Å². The van der Waals surface area contributed by atoms with E-state index in [9.17, 15) is 9.18 Å². The lowest BCUT2D eigenvalue weighted by Crippen LogP contribution is -2.27. The maximum atomic E-state index is 14.0. The highest BCUT2D eigenvalue weighted by molar-refractivity contribution is 8.00. The number of carbonyl (C=O) groups excluding carboxylic acids is 1. The summed E-state index contributed by atoms with van der Waals surface area (Å²) in [6.07, 6.45) is 0. The third-order valence-corrected chi connectivity index (χ3v) is 6.66. The largest absolute Gasteiger partial charge is 0.490 e. The molecule has 32 heavy (non-hydrogen) atoms. The number of carbonyl (C=O) groups is 1. The minimum atomic E-state index is -0.349. The molecule has 0 radical (unpaired) electrons. The van der Waals surface area contributed by atoms with Gasteiger partial charge in [-0.2, -0.15) is 0 Å². The second kappa shape index (κ2) is 10.0. The summed E-state index contributed by atoms with van der Waals surface area (Å²) in [4.78, 5) is 14.4. The fourth-order valence-electron chi connectivity index (χ4n) is 3.45. The zero-order valence-electron chi connectivity index (χ0n) is 17.2. The lowest BCUT2D eigenvalue weighted by atomic mass is 10.1. The van der Waals surface area contributed by atoms with Crippen molar-refractivity contribution in [1.82, 2.24) is 0 Å². The van der Waals surface area contributed by atoms with Gasteiger partial charge in [0.15, 0.2) is 11.5 Å². The van der Waals surface area contributed by atoms with Crippen molar-refractivity contribution in [3.05, 3.63) is 87.7 Å². The number of rotatable bonds is 7. The number of hydrogen-bond donors (Lipinski definition) is 0. The van der Waals surface area contributed by atoms with Gasteiger partial charge in [0.1, 0.15) is 17.8 Å². The van der Waals surface area contributed by atoms with E-state index in [2.05, 4.69) is 0 Å². The molecule has 0 bridgehead atoms. The Morgan fingerprint density at radius 3 is 2.56 bits per heavy atom. The van der Waals surface area contributed by atoms with E-state index in [0.29, 0.717) is 39.5 Å². The Kier molecular flexibility index (Phi) is 7.13.